The maximum atomic E-state index is 12.9. The SMILES string of the molecule is O=C1CCN(C2CCN3CCCC23)C(=O)C2CCCN12. The molecular weight excluding hydrogens is 254 g/mol. The third-order valence-electron chi connectivity index (χ3n) is 5.68. The molecule has 3 atom stereocenters. The number of carbonyl (C=O) groups excluding carboxylic acids is 2. The van der Waals surface area contributed by atoms with Crippen LogP contribution in [-0.2, 0) is 9.59 Å². The van der Waals surface area contributed by atoms with Crippen molar-refractivity contribution >= 4 is 11.8 Å². The molecule has 4 aliphatic heterocycles. The van der Waals surface area contributed by atoms with Gasteiger partial charge in [-0.05, 0) is 38.6 Å². The van der Waals surface area contributed by atoms with Gasteiger partial charge in [0.25, 0.3) is 0 Å². The lowest BCUT2D eigenvalue weighted by atomic mass is 10.0. The fourth-order valence-corrected chi connectivity index (χ4v) is 4.73. The summed E-state index contributed by atoms with van der Waals surface area (Å²) < 4.78 is 0. The molecule has 5 heteroatoms. The van der Waals surface area contributed by atoms with E-state index in [1.54, 1.807) is 0 Å². The van der Waals surface area contributed by atoms with Crippen molar-refractivity contribution in [2.75, 3.05) is 26.2 Å². The van der Waals surface area contributed by atoms with Gasteiger partial charge in [-0.2, -0.15) is 0 Å². The van der Waals surface area contributed by atoms with E-state index in [1.807, 2.05) is 4.90 Å². The largest absolute Gasteiger partial charge is 0.336 e. The van der Waals surface area contributed by atoms with E-state index in [-0.39, 0.29) is 17.9 Å². The van der Waals surface area contributed by atoms with Crippen LogP contribution in [0.1, 0.15) is 38.5 Å². The standard InChI is InChI=1S/C15H23N3O2/c19-14-6-10-18(15(20)13-4-2-8-17(13)14)12-5-9-16-7-1-3-11(12)16/h11-13H,1-10H2. The van der Waals surface area contributed by atoms with Crippen LogP contribution in [0, 0.1) is 0 Å². The molecule has 5 nitrogen and oxygen atoms in total. The Morgan fingerprint density at radius 3 is 2.55 bits per heavy atom. The molecule has 20 heavy (non-hydrogen) atoms. The summed E-state index contributed by atoms with van der Waals surface area (Å²) in [5.74, 6) is 0.414. The zero-order chi connectivity index (χ0) is 13.7. The molecule has 3 unspecified atom stereocenters. The summed E-state index contributed by atoms with van der Waals surface area (Å²) in [7, 11) is 0. The van der Waals surface area contributed by atoms with Crippen molar-refractivity contribution in [3.63, 3.8) is 0 Å². The fraction of sp³-hybridized carbons (Fsp3) is 0.867. The Morgan fingerprint density at radius 2 is 1.65 bits per heavy atom. The molecule has 0 radical (unpaired) electrons. The number of amides is 2. The molecule has 0 spiro atoms. The van der Waals surface area contributed by atoms with Crippen LogP contribution in [0.4, 0.5) is 0 Å². The topological polar surface area (TPSA) is 43.9 Å². The van der Waals surface area contributed by atoms with Gasteiger partial charge in [0.15, 0.2) is 0 Å². The number of carbonyl (C=O) groups is 2. The summed E-state index contributed by atoms with van der Waals surface area (Å²) in [5.41, 5.74) is 0. The molecule has 0 aromatic heterocycles. The maximum absolute atomic E-state index is 12.9. The minimum Gasteiger partial charge on any atom is -0.336 e. The highest BCUT2D eigenvalue weighted by Gasteiger charge is 2.46. The van der Waals surface area contributed by atoms with Crippen LogP contribution in [0.15, 0.2) is 0 Å². The molecule has 4 heterocycles. The predicted molar refractivity (Wildman–Crippen MR) is 74.1 cm³/mol. The van der Waals surface area contributed by atoms with Gasteiger partial charge in [0, 0.05) is 38.1 Å². The van der Waals surface area contributed by atoms with Crippen LogP contribution in [-0.4, -0.2) is 70.8 Å². The normalized spacial score (nSPS) is 38.3. The molecule has 0 aliphatic carbocycles. The number of rotatable bonds is 1. The summed E-state index contributed by atoms with van der Waals surface area (Å²) in [6.07, 6.45) is 5.94. The molecule has 4 rings (SSSR count). The number of nitrogens with zero attached hydrogens (tertiary/aromatic N) is 3. The van der Waals surface area contributed by atoms with Gasteiger partial charge < -0.3 is 9.80 Å². The van der Waals surface area contributed by atoms with Crippen LogP contribution in [0.2, 0.25) is 0 Å². The first-order valence-electron chi connectivity index (χ1n) is 8.10. The first-order chi connectivity index (χ1) is 9.75. The van der Waals surface area contributed by atoms with Gasteiger partial charge in [-0.25, -0.2) is 0 Å². The van der Waals surface area contributed by atoms with Crippen LogP contribution >= 0.6 is 0 Å². The van der Waals surface area contributed by atoms with Crippen molar-refractivity contribution in [3.8, 4) is 0 Å². The minimum absolute atomic E-state index is 0.152. The summed E-state index contributed by atoms with van der Waals surface area (Å²) in [5, 5.41) is 0. The second kappa shape index (κ2) is 4.72. The smallest absolute Gasteiger partial charge is 0.245 e. The molecule has 0 N–H and O–H groups in total. The third kappa shape index (κ3) is 1.79. The number of hydrogen-bond acceptors (Lipinski definition) is 3. The third-order valence-corrected chi connectivity index (χ3v) is 5.68. The van der Waals surface area contributed by atoms with Crippen molar-refractivity contribution < 1.29 is 9.59 Å². The average Bonchev–Trinajstić information content (AvgIpc) is 3.13. The van der Waals surface area contributed by atoms with E-state index in [0.29, 0.717) is 25.0 Å². The van der Waals surface area contributed by atoms with Crippen molar-refractivity contribution in [1.29, 1.82) is 0 Å². The Morgan fingerprint density at radius 1 is 0.800 bits per heavy atom. The monoisotopic (exact) mass is 277 g/mol. The molecule has 0 aromatic rings. The van der Waals surface area contributed by atoms with E-state index in [2.05, 4.69) is 9.80 Å². The van der Waals surface area contributed by atoms with Crippen molar-refractivity contribution in [3.05, 3.63) is 0 Å². The van der Waals surface area contributed by atoms with Gasteiger partial charge in [-0.3, -0.25) is 14.5 Å². The molecule has 4 fully saturated rings. The minimum atomic E-state index is -0.152. The first kappa shape index (κ1) is 12.6. The molecule has 4 aliphatic rings. The maximum Gasteiger partial charge on any atom is 0.245 e. The van der Waals surface area contributed by atoms with E-state index in [0.717, 1.165) is 32.4 Å². The molecule has 0 aromatic carbocycles. The molecule has 0 bridgehead atoms. The van der Waals surface area contributed by atoms with E-state index in [4.69, 9.17) is 0 Å². The molecule has 4 saturated heterocycles. The van der Waals surface area contributed by atoms with Crippen LogP contribution < -0.4 is 0 Å². The first-order valence-corrected chi connectivity index (χ1v) is 8.10. The number of hydrogen-bond donors (Lipinski definition) is 0. The summed E-state index contributed by atoms with van der Waals surface area (Å²) in [6.45, 7) is 3.74. The van der Waals surface area contributed by atoms with Gasteiger partial charge in [-0.15, -0.1) is 0 Å². The summed E-state index contributed by atoms with van der Waals surface area (Å²) in [4.78, 5) is 31.5. The number of fused-ring (bicyclic) bond motifs is 2. The van der Waals surface area contributed by atoms with Gasteiger partial charge in [0.1, 0.15) is 6.04 Å². The summed E-state index contributed by atoms with van der Waals surface area (Å²) in [6, 6.07) is 0.765. The van der Waals surface area contributed by atoms with Crippen molar-refractivity contribution in [2.24, 2.45) is 0 Å². The van der Waals surface area contributed by atoms with Crippen LogP contribution in [0.3, 0.4) is 0 Å². The lowest BCUT2D eigenvalue weighted by Crippen LogP contribution is -2.50. The Kier molecular flexibility index (Phi) is 2.98. The van der Waals surface area contributed by atoms with E-state index in [1.165, 1.54) is 19.4 Å². The van der Waals surface area contributed by atoms with E-state index < -0.39 is 0 Å². The predicted octanol–water partition coefficient (Wildman–Crippen LogP) is 0.446. The Bertz CT molecular complexity index is 439. The Labute approximate surface area is 119 Å². The van der Waals surface area contributed by atoms with Gasteiger partial charge in [-0.1, -0.05) is 0 Å². The molecule has 2 amide bonds. The van der Waals surface area contributed by atoms with Crippen molar-refractivity contribution in [2.45, 2.75) is 56.7 Å². The molecular formula is C15H23N3O2. The van der Waals surface area contributed by atoms with E-state index in [9.17, 15) is 9.59 Å². The Balaban J connectivity index is 1.58. The lowest BCUT2D eigenvalue weighted by Gasteiger charge is -2.33. The fourth-order valence-electron chi connectivity index (χ4n) is 4.73. The highest BCUT2D eigenvalue weighted by Crippen LogP contribution is 2.34. The van der Waals surface area contributed by atoms with Crippen LogP contribution in [0.25, 0.3) is 0 Å². The highest BCUT2D eigenvalue weighted by molar-refractivity contribution is 5.90. The lowest BCUT2D eigenvalue weighted by molar-refractivity contribution is -0.140. The van der Waals surface area contributed by atoms with Crippen LogP contribution in [0.5, 0.6) is 0 Å². The molecule has 110 valence electrons. The van der Waals surface area contributed by atoms with Crippen molar-refractivity contribution in [1.82, 2.24) is 14.7 Å². The summed E-state index contributed by atoms with van der Waals surface area (Å²) >= 11 is 0. The second-order valence-electron chi connectivity index (χ2n) is 6.63. The molecule has 0 saturated carbocycles. The second-order valence-corrected chi connectivity index (χ2v) is 6.63. The zero-order valence-electron chi connectivity index (χ0n) is 12.0. The highest BCUT2D eigenvalue weighted by atomic mass is 16.2. The Hall–Kier alpha value is -1.10. The van der Waals surface area contributed by atoms with Gasteiger partial charge in [0.05, 0.1) is 0 Å². The van der Waals surface area contributed by atoms with Gasteiger partial charge >= 0.3 is 0 Å². The average molecular weight is 277 g/mol. The van der Waals surface area contributed by atoms with Gasteiger partial charge in [0.2, 0.25) is 11.8 Å². The van der Waals surface area contributed by atoms with E-state index >= 15 is 0 Å². The quantitative estimate of drug-likeness (QED) is 0.699. The zero-order valence-corrected chi connectivity index (χ0v) is 12.0.